The summed E-state index contributed by atoms with van der Waals surface area (Å²) in [5, 5.41) is 0. The zero-order valence-corrected chi connectivity index (χ0v) is 15.8. The molecule has 0 bridgehead atoms. The number of para-hydroxylation sites is 2. The number of imide groups is 1. The Morgan fingerprint density at radius 3 is 2.14 bits per heavy atom. The van der Waals surface area contributed by atoms with E-state index in [9.17, 15) is 14.4 Å². The third-order valence-electron chi connectivity index (χ3n) is 4.69. The van der Waals surface area contributed by atoms with E-state index in [-0.39, 0.29) is 11.3 Å². The zero-order chi connectivity index (χ0) is 20.5. The van der Waals surface area contributed by atoms with Crippen molar-refractivity contribution in [2.75, 3.05) is 12.0 Å². The lowest BCUT2D eigenvalue weighted by Gasteiger charge is -2.14. The van der Waals surface area contributed by atoms with E-state index >= 15 is 0 Å². The van der Waals surface area contributed by atoms with Crippen LogP contribution in [0.4, 0.5) is 5.69 Å². The highest BCUT2D eigenvalue weighted by molar-refractivity contribution is 6.34. The van der Waals surface area contributed by atoms with Crippen molar-refractivity contribution < 1.29 is 23.9 Å². The summed E-state index contributed by atoms with van der Waals surface area (Å²) < 4.78 is 11.1. The Labute approximate surface area is 167 Å². The number of nitrogens with zero attached hydrogens (tertiary/aromatic N) is 1. The van der Waals surface area contributed by atoms with Crippen molar-refractivity contribution in [2.45, 2.75) is 6.92 Å². The highest BCUT2D eigenvalue weighted by atomic mass is 16.5. The number of ether oxygens (including phenoxy) is 2. The number of hydrogen-bond acceptors (Lipinski definition) is 5. The van der Waals surface area contributed by atoms with Crippen LogP contribution >= 0.6 is 0 Å². The molecule has 0 atom stereocenters. The van der Waals surface area contributed by atoms with Gasteiger partial charge in [0.2, 0.25) is 0 Å². The third kappa shape index (κ3) is 3.25. The van der Waals surface area contributed by atoms with E-state index in [1.165, 1.54) is 6.92 Å². The van der Waals surface area contributed by atoms with Crippen molar-refractivity contribution in [1.29, 1.82) is 0 Å². The van der Waals surface area contributed by atoms with Gasteiger partial charge in [0, 0.05) is 5.56 Å². The van der Waals surface area contributed by atoms with Crippen LogP contribution in [-0.2, 0) is 0 Å². The molecule has 1 heterocycles. The number of rotatable bonds is 5. The summed E-state index contributed by atoms with van der Waals surface area (Å²) in [7, 11) is 1.54. The number of methoxy groups -OCH3 is 1. The van der Waals surface area contributed by atoms with E-state index in [2.05, 4.69) is 0 Å². The van der Waals surface area contributed by atoms with Crippen molar-refractivity contribution in [3.8, 4) is 17.2 Å². The summed E-state index contributed by atoms with van der Waals surface area (Å²) in [4.78, 5) is 38.2. The van der Waals surface area contributed by atoms with Gasteiger partial charge in [0.1, 0.15) is 5.75 Å². The number of carbonyl (C=O) groups excluding carboxylic acids is 3. The molecule has 3 aromatic rings. The molecule has 0 radical (unpaired) electrons. The smallest absolute Gasteiger partial charge is 0.266 e. The fourth-order valence-corrected chi connectivity index (χ4v) is 3.19. The third-order valence-corrected chi connectivity index (χ3v) is 4.69. The van der Waals surface area contributed by atoms with Crippen molar-refractivity contribution in [2.24, 2.45) is 0 Å². The van der Waals surface area contributed by atoms with Crippen LogP contribution in [0, 0.1) is 0 Å². The van der Waals surface area contributed by atoms with Gasteiger partial charge in [-0.1, -0.05) is 12.1 Å². The lowest BCUT2D eigenvalue weighted by Crippen LogP contribution is -2.29. The first-order chi connectivity index (χ1) is 14.0. The van der Waals surface area contributed by atoms with Gasteiger partial charge < -0.3 is 9.47 Å². The summed E-state index contributed by atoms with van der Waals surface area (Å²) >= 11 is 0. The fraction of sp³-hybridized carbons (Fsp3) is 0.0870. The Kier molecular flexibility index (Phi) is 4.60. The SMILES string of the molecule is COc1ccccc1Oc1ccc2c(c1)C(=O)N(c1ccc(C(C)=O)cc1)C2=O. The van der Waals surface area contributed by atoms with Gasteiger partial charge in [0.05, 0.1) is 23.9 Å². The van der Waals surface area contributed by atoms with Crippen LogP contribution in [0.15, 0.2) is 66.7 Å². The standard InChI is InChI=1S/C23H17NO5/c1-14(25)15-7-9-16(10-8-15)24-22(26)18-12-11-17(13-19(18)23(24)27)29-21-6-4-3-5-20(21)28-2/h3-13H,1-2H3. The first-order valence-corrected chi connectivity index (χ1v) is 8.94. The van der Waals surface area contributed by atoms with Crippen LogP contribution in [0.2, 0.25) is 0 Å². The molecular weight excluding hydrogens is 370 g/mol. The summed E-state index contributed by atoms with van der Waals surface area (Å²) in [6.07, 6.45) is 0. The molecule has 4 rings (SSSR count). The molecule has 0 saturated carbocycles. The number of benzene rings is 3. The molecule has 144 valence electrons. The van der Waals surface area contributed by atoms with Gasteiger partial charge in [0.25, 0.3) is 11.8 Å². The predicted molar refractivity (Wildman–Crippen MR) is 107 cm³/mol. The summed E-state index contributed by atoms with van der Waals surface area (Å²) in [6.45, 7) is 1.46. The predicted octanol–water partition coefficient (Wildman–Crippen LogP) is 4.49. The molecule has 1 aliphatic rings. The average molecular weight is 387 g/mol. The van der Waals surface area contributed by atoms with Crippen LogP contribution in [0.1, 0.15) is 38.0 Å². The quantitative estimate of drug-likeness (QED) is 0.476. The Balaban J connectivity index is 1.65. The second kappa shape index (κ2) is 7.24. The monoisotopic (exact) mass is 387 g/mol. The number of carbonyl (C=O) groups is 3. The molecule has 6 heteroatoms. The van der Waals surface area contributed by atoms with E-state index in [0.29, 0.717) is 34.1 Å². The van der Waals surface area contributed by atoms with Crippen LogP contribution in [0.5, 0.6) is 17.2 Å². The minimum atomic E-state index is -0.439. The molecule has 0 fully saturated rings. The van der Waals surface area contributed by atoms with Crippen LogP contribution in [0.3, 0.4) is 0 Å². The number of ketones is 1. The number of fused-ring (bicyclic) bond motifs is 1. The highest BCUT2D eigenvalue weighted by Crippen LogP contribution is 2.35. The van der Waals surface area contributed by atoms with Gasteiger partial charge >= 0.3 is 0 Å². The van der Waals surface area contributed by atoms with Crippen molar-refractivity contribution in [3.05, 3.63) is 83.4 Å². The molecule has 0 aliphatic carbocycles. The summed E-state index contributed by atoms with van der Waals surface area (Å²) in [5.74, 6) is 0.543. The second-order valence-corrected chi connectivity index (χ2v) is 6.51. The van der Waals surface area contributed by atoms with Gasteiger partial charge in [0.15, 0.2) is 17.3 Å². The van der Waals surface area contributed by atoms with E-state index in [0.717, 1.165) is 4.90 Å². The molecular formula is C23H17NO5. The van der Waals surface area contributed by atoms with Gasteiger partial charge in [-0.25, -0.2) is 4.90 Å². The maximum absolute atomic E-state index is 12.9. The van der Waals surface area contributed by atoms with Crippen LogP contribution < -0.4 is 14.4 Å². The average Bonchev–Trinajstić information content (AvgIpc) is 2.98. The molecule has 2 amide bonds. The van der Waals surface area contributed by atoms with E-state index in [4.69, 9.17) is 9.47 Å². The van der Waals surface area contributed by atoms with Gasteiger partial charge in [-0.2, -0.15) is 0 Å². The molecule has 3 aromatic carbocycles. The first-order valence-electron chi connectivity index (χ1n) is 8.94. The van der Waals surface area contributed by atoms with Crippen molar-refractivity contribution in [3.63, 3.8) is 0 Å². The maximum atomic E-state index is 12.9. The Morgan fingerprint density at radius 2 is 1.48 bits per heavy atom. The second-order valence-electron chi connectivity index (χ2n) is 6.51. The van der Waals surface area contributed by atoms with Crippen LogP contribution in [-0.4, -0.2) is 24.7 Å². The lowest BCUT2D eigenvalue weighted by atomic mass is 10.1. The molecule has 0 spiro atoms. The van der Waals surface area contributed by atoms with Crippen molar-refractivity contribution in [1.82, 2.24) is 0 Å². The lowest BCUT2D eigenvalue weighted by molar-refractivity contribution is 0.0925. The topological polar surface area (TPSA) is 72.9 Å². The van der Waals surface area contributed by atoms with E-state index < -0.39 is 11.8 Å². The van der Waals surface area contributed by atoms with Crippen LogP contribution in [0.25, 0.3) is 0 Å². The normalized spacial score (nSPS) is 12.7. The molecule has 29 heavy (non-hydrogen) atoms. The Morgan fingerprint density at radius 1 is 0.828 bits per heavy atom. The number of amides is 2. The Hall–Kier alpha value is -3.93. The highest BCUT2D eigenvalue weighted by Gasteiger charge is 2.37. The minimum absolute atomic E-state index is 0.0861. The largest absolute Gasteiger partial charge is 0.493 e. The zero-order valence-electron chi connectivity index (χ0n) is 15.8. The number of Topliss-reactive ketones (excluding diaryl/α,β-unsaturated/α-hetero) is 1. The van der Waals surface area contributed by atoms with E-state index in [1.54, 1.807) is 61.7 Å². The molecule has 6 nitrogen and oxygen atoms in total. The molecule has 0 saturated heterocycles. The Bertz CT molecular complexity index is 1130. The van der Waals surface area contributed by atoms with Gasteiger partial charge in [-0.3, -0.25) is 14.4 Å². The molecule has 1 aliphatic heterocycles. The molecule has 0 N–H and O–H groups in total. The van der Waals surface area contributed by atoms with Crippen molar-refractivity contribution >= 4 is 23.3 Å². The van der Waals surface area contributed by atoms with Gasteiger partial charge in [-0.15, -0.1) is 0 Å². The summed E-state index contributed by atoms with van der Waals surface area (Å²) in [5.41, 5.74) is 1.49. The number of anilines is 1. The first kappa shape index (κ1) is 18.4. The van der Waals surface area contributed by atoms with Gasteiger partial charge in [-0.05, 0) is 61.5 Å². The maximum Gasteiger partial charge on any atom is 0.266 e. The minimum Gasteiger partial charge on any atom is -0.493 e. The molecule has 0 unspecified atom stereocenters. The fourth-order valence-electron chi connectivity index (χ4n) is 3.19. The van der Waals surface area contributed by atoms with E-state index in [1.807, 2.05) is 12.1 Å². The summed E-state index contributed by atoms with van der Waals surface area (Å²) in [6, 6.07) is 18.3. The molecule has 0 aromatic heterocycles. The number of hydrogen-bond donors (Lipinski definition) is 0.